The highest BCUT2D eigenvalue weighted by atomic mass is 127. The molecule has 22 heavy (non-hydrogen) atoms. The Balaban J connectivity index is 1.80. The highest BCUT2D eigenvalue weighted by molar-refractivity contribution is 14.1. The third kappa shape index (κ3) is 2.19. The van der Waals surface area contributed by atoms with Crippen LogP contribution in [0.2, 0.25) is 0 Å². The van der Waals surface area contributed by atoms with Gasteiger partial charge < -0.3 is 4.42 Å². The lowest BCUT2D eigenvalue weighted by molar-refractivity contribution is 0.572. The van der Waals surface area contributed by atoms with Crippen LogP contribution in [-0.2, 0) is 0 Å². The first-order valence-electron chi connectivity index (χ1n) is 6.55. The maximum absolute atomic E-state index is 14.5. The molecule has 3 heterocycles. The lowest BCUT2D eigenvalue weighted by atomic mass is 10.1. The molecule has 0 saturated heterocycles. The Morgan fingerprint density at radius 1 is 1.05 bits per heavy atom. The van der Waals surface area contributed by atoms with Crippen molar-refractivity contribution in [2.75, 3.05) is 0 Å². The van der Waals surface area contributed by atoms with Crippen LogP contribution in [0.4, 0.5) is 4.39 Å². The molecule has 4 aromatic rings. The van der Waals surface area contributed by atoms with E-state index in [0.29, 0.717) is 17.1 Å². The number of imidazole rings is 1. The Kier molecular flexibility index (Phi) is 3.18. The summed E-state index contributed by atoms with van der Waals surface area (Å²) in [6.07, 6.45) is 4.75. The average Bonchev–Trinajstić information content (AvgIpc) is 3.17. The minimum absolute atomic E-state index is 0.339. The first kappa shape index (κ1) is 13.4. The Bertz CT molecular complexity index is 946. The van der Waals surface area contributed by atoms with Gasteiger partial charge in [-0.25, -0.2) is 9.97 Å². The first-order chi connectivity index (χ1) is 10.7. The van der Waals surface area contributed by atoms with Crippen molar-refractivity contribution in [3.63, 3.8) is 0 Å². The molecule has 0 atom stereocenters. The summed E-state index contributed by atoms with van der Waals surface area (Å²) < 4.78 is 22.2. The molecule has 4 rings (SSSR count). The second kappa shape index (κ2) is 5.20. The lowest BCUT2D eigenvalue weighted by Crippen LogP contribution is -1.89. The molecule has 0 aliphatic rings. The number of benzene rings is 1. The summed E-state index contributed by atoms with van der Waals surface area (Å²) >= 11 is 2.15. The molecule has 0 fully saturated rings. The Labute approximate surface area is 138 Å². The van der Waals surface area contributed by atoms with Gasteiger partial charge in [0.1, 0.15) is 11.3 Å². The molecule has 0 N–H and O–H groups in total. The van der Waals surface area contributed by atoms with Crippen LogP contribution in [0.3, 0.4) is 0 Å². The van der Waals surface area contributed by atoms with Crippen molar-refractivity contribution in [3.05, 3.63) is 64.7 Å². The van der Waals surface area contributed by atoms with Crippen LogP contribution in [-0.4, -0.2) is 14.4 Å². The number of pyridine rings is 1. The fourth-order valence-electron chi connectivity index (χ4n) is 2.32. The molecular formula is C16H9FIN3O. The molecule has 0 aliphatic carbocycles. The highest BCUT2D eigenvalue weighted by Gasteiger charge is 2.14. The summed E-state index contributed by atoms with van der Waals surface area (Å²) in [4.78, 5) is 8.25. The second-order valence-corrected chi connectivity index (χ2v) is 6.02. The van der Waals surface area contributed by atoms with Gasteiger partial charge in [0.05, 0.1) is 6.20 Å². The van der Waals surface area contributed by atoms with E-state index in [1.165, 1.54) is 10.8 Å². The van der Waals surface area contributed by atoms with Crippen molar-refractivity contribution in [3.8, 4) is 22.6 Å². The van der Waals surface area contributed by atoms with E-state index < -0.39 is 0 Å². The summed E-state index contributed by atoms with van der Waals surface area (Å²) in [5.74, 6) is 0.317. The monoisotopic (exact) mass is 405 g/mol. The fraction of sp³-hybridized carbons (Fsp3) is 0. The fourth-order valence-corrected chi connectivity index (χ4v) is 2.78. The standard InChI is InChI=1S/C16H9FIN3O/c17-16-15(20-14-6-5-12(18)8-21(14)16)11-3-1-10(2-4-11)13-7-19-9-22-13/h1-9H. The van der Waals surface area contributed by atoms with Gasteiger partial charge in [0, 0.05) is 20.9 Å². The van der Waals surface area contributed by atoms with Crippen molar-refractivity contribution >= 4 is 28.2 Å². The maximum atomic E-state index is 14.5. The van der Waals surface area contributed by atoms with Crippen LogP contribution in [0, 0.1) is 9.52 Å². The minimum atomic E-state index is -0.360. The molecule has 0 spiro atoms. The van der Waals surface area contributed by atoms with Gasteiger partial charge in [-0.3, -0.25) is 4.40 Å². The summed E-state index contributed by atoms with van der Waals surface area (Å²) in [5.41, 5.74) is 2.54. The summed E-state index contributed by atoms with van der Waals surface area (Å²) in [6.45, 7) is 0. The highest BCUT2D eigenvalue weighted by Crippen LogP contribution is 2.27. The average molecular weight is 405 g/mol. The van der Waals surface area contributed by atoms with Crippen LogP contribution in [0.25, 0.3) is 28.2 Å². The van der Waals surface area contributed by atoms with Crippen LogP contribution in [0.1, 0.15) is 0 Å². The van der Waals surface area contributed by atoms with E-state index in [1.54, 1.807) is 18.5 Å². The van der Waals surface area contributed by atoms with Gasteiger partial charge in [-0.1, -0.05) is 24.3 Å². The summed E-state index contributed by atoms with van der Waals surface area (Å²) in [7, 11) is 0. The van der Waals surface area contributed by atoms with Crippen molar-refractivity contribution in [1.29, 1.82) is 0 Å². The number of rotatable bonds is 2. The van der Waals surface area contributed by atoms with Gasteiger partial charge in [-0.2, -0.15) is 4.39 Å². The Morgan fingerprint density at radius 2 is 1.82 bits per heavy atom. The smallest absolute Gasteiger partial charge is 0.226 e. The molecule has 4 nitrogen and oxygen atoms in total. The number of hydrogen-bond donors (Lipinski definition) is 0. The normalized spacial score (nSPS) is 11.2. The third-order valence-corrected chi connectivity index (χ3v) is 4.04. The second-order valence-electron chi connectivity index (χ2n) is 4.77. The van der Waals surface area contributed by atoms with Crippen LogP contribution >= 0.6 is 22.6 Å². The van der Waals surface area contributed by atoms with Crippen molar-refractivity contribution < 1.29 is 8.81 Å². The van der Waals surface area contributed by atoms with E-state index in [-0.39, 0.29) is 5.95 Å². The Hall–Kier alpha value is -2.22. The molecule has 1 aromatic carbocycles. The van der Waals surface area contributed by atoms with Gasteiger partial charge in [-0.15, -0.1) is 0 Å². The van der Waals surface area contributed by atoms with Crippen molar-refractivity contribution in [1.82, 2.24) is 14.4 Å². The van der Waals surface area contributed by atoms with E-state index in [4.69, 9.17) is 4.42 Å². The number of oxazole rings is 1. The molecule has 0 unspecified atom stereocenters. The Morgan fingerprint density at radius 3 is 2.55 bits per heavy atom. The van der Waals surface area contributed by atoms with E-state index in [1.807, 2.05) is 30.3 Å². The number of aromatic nitrogens is 3. The van der Waals surface area contributed by atoms with Crippen molar-refractivity contribution in [2.45, 2.75) is 0 Å². The number of fused-ring (bicyclic) bond motifs is 1. The molecule has 6 heteroatoms. The SMILES string of the molecule is Fc1c(-c2ccc(-c3cnco3)cc2)nc2ccc(I)cn12. The van der Waals surface area contributed by atoms with Gasteiger partial charge in [-0.05, 0) is 34.7 Å². The van der Waals surface area contributed by atoms with Crippen molar-refractivity contribution in [2.24, 2.45) is 0 Å². The molecule has 0 aliphatic heterocycles. The number of nitrogens with zero attached hydrogens (tertiary/aromatic N) is 3. The molecule has 0 amide bonds. The van der Waals surface area contributed by atoms with Gasteiger partial charge in [0.2, 0.25) is 5.95 Å². The predicted molar refractivity (Wildman–Crippen MR) is 88.8 cm³/mol. The molecule has 108 valence electrons. The molecule has 0 radical (unpaired) electrons. The first-order valence-corrected chi connectivity index (χ1v) is 7.62. The summed E-state index contributed by atoms with van der Waals surface area (Å²) in [5, 5.41) is 0. The maximum Gasteiger partial charge on any atom is 0.226 e. The number of hydrogen-bond acceptors (Lipinski definition) is 3. The van der Waals surface area contributed by atoms with Crippen LogP contribution in [0.5, 0.6) is 0 Å². The van der Waals surface area contributed by atoms with Crippen LogP contribution < -0.4 is 0 Å². The topological polar surface area (TPSA) is 43.3 Å². The van der Waals surface area contributed by atoms with E-state index in [9.17, 15) is 4.39 Å². The predicted octanol–water partition coefficient (Wildman–Crippen LogP) is 4.40. The van der Waals surface area contributed by atoms with Gasteiger partial charge >= 0.3 is 0 Å². The molecule has 0 saturated carbocycles. The zero-order valence-corrected chi connectivity index (χ0v) is 13.4. The zero-order valence-electron chi connectivity index (χ0n) is 11.2. The number of halogens is 2. The minimum Gasteiger partial charge on any atom is -0.444 e. The quantitative estimate of drug-likeness (QED) is 0.465. The summed E-state index contributed by atoms with van der Waals surface area (Å²) in [6, 6.07) is 11.1. The largest absolute Gasteiger partial charge is 0.444 e. The van der Waals surface area contributed by atoms with E-state index in [2.05, 4.69) is 32.6 Å². The van der Waals surface area contributed by atoms with E-state index in [0.717, 1.165) is 14.7 Å². The van der Waals surface area contributed by atoms with Gasteiger partial charge in [0.15, 0.2) is 12.2 Å². The zero-order chi connectivity index (χ0) is 15.1. The van der Waals surface area contributed by atoms with E-state index >= 15 is 0 Å². The molecular weight excluding hydrogens is 396 g/mol. The third-order valence-electron chi connectivity index (χ3n) is 3.40. The lowest BCUT2D eigenvalue weighted by Gasteiger charge is -1.99. The van der Waals surface area contributed by atoms with Crippen LogP contribution in [0.15, 0.2) is 59.6 Å². The van der Waals surface area contributed by atoms with Gasteiger partial charge in [0.25, 0.3) is 0 Å². The molecule has 0 bridgehead atoms. The molecule has 3 aromatic heterocycles.